The minimum absolute atomic E-state index is 0.232. The van der Waals surface area contributed by atoms with Gasteiger partial charge in [-0.2, -0.15) is 0 Å². The molecule has 2 rings (SSSR count). The molecule has 0 saturated heterocycles. The minimum atomic E-state index is -1.04. The molecule has 0 radical (unpaired) electrons. The second-order valence-electron chi connectivity index (χ2n) is 5.10. The van der Waals surface area contributed by atoms with Gasteiger partial charge in [-0.25, -0.2) is 4.79 Å². The molecule has 1 aromatic rings. The van der Waals surface area contributed by atoms with E-state index in [-0.39, 0.29) is 11.5 Å². The Morgan fingerprint density at radius 2 is 2.24 bits per heavy atom. The van der Waals surface area contributed by atoms with Gasteiger partial charge in [-0.15, -0.1) is 0 Å². The van der Waals surface area contributed by atoms with Gasteiger partial charge in [0.1, 0.15) is 0 Å². The second-order valence-corrected chi connectivity index (χ2v) is 5.10. The molecule has 2 N–H and O–H groups in total. The highest BCUT2D eigenvalue weighted by Crippen LogP contribution is 2.34. The lowest BCUT2D eigenvalue weighted by molar-refractivity contribution is -0.131. The number of amides is 1. The molecule has 1 aliphatic carbocycles. The Morgan fingerprint density at radius 1 is 1.48 bits per heavy atom. The number of aromatic nitrogens is 1. The van der Waals surface area contributed by atoms with Gasteiger partial charge >= 0.3 is 5.97 Å². The number of carboxylic acid groups (broad SMARTS) is 1. The molecule has 21 heavy (non-hydrogen) atoms. The van der Waals surface area contributed by atoms with Gasteiger partial charge in [0.15, 0.2) is 0 Å². The highest BCUT2D eigenvalue weighted by atomic mass is 16.5. The van der Waals surface area contributed by atoms with Gasteiger partial charge in [-0.05, 0) is 37.0 Å². The van der Waals surface area contributed by atoms with Crippen molar-refractivity contribution in [3.63, 3.8) is 0 Å². The van der Waals surface area contributed by atoms with Crippen molar-refractivity contribution in [2.45, 2.75) is 24.9 Å². The molecule has 6 nitrogen and oxygen atoms in total. The fourth-order valence-corrected chi connectivity index (χ4v) is 2.21. The predicted octanol–water partition coefficient (Wildman–Crippen LogP) is 1.48. The summed E-state index contributed by atoms with van der Waals surface area (Å²) in [5.74, 6) is -1.28. The molecule has 1 heterocycles. The fourth-order valence-electron chi connectivity index (χ4n) is 2.21. The summed E-state index contributed by atoms with van der Waals surface area (Å²) in [4.78, 5) is 26.5. The zero-order valence-corrected chi connectivity index (χ0v) is 11.8. The van der Waals surface area contributed by atoms with E-state index in [1.165, 1.54) is 18.5 Å². The topological polar surface area (TPSA) is 88.5 Å². The molecule has 1 fully saturated rings. The van der Waals surface area contributed by atoms with E-state index in [0.29, 0.717) is 17.7 Å². The van der Waals surface area contributed by atoms with E-state index < -0.39 is 5.97 Å². The van der Waals surface area contributed by atoms with Crippen LogP contribution in [0.4, 0.5) is 0 Å². The number of hydrogen-bond acceptors (Lipinski definition) is 4. The first-order chi connectivity index (χ1) is 10.0. The molecular formula is C15H18N2O4. The Labute approximate surface area is 122 Å². The molecule has 0 bridgehead atoms. The molecule has 0 unspecified atom stereocenters. The summed E-state index contributed by atoms with van der Waals surface area (Å²) in [5, 5.41) is 11.4. The maximum Gasteiger partial charge on any atom is 0.328 e. The van der Waals surface area contributed by atoms with E-state index in [1.807, 2.05) is 0 Å². The quantitative estimate of drug-likeness (QED) is 0.775. The highest BCUT2D eigenvalue weighted by molar-refractivity contribution is 5.94. The van der Waals surface area contributed by atoms with Crippen LogP contribution in [0.2, 0.25) is 0 Å². The summed E-state index contributed by atoms with van der Waals surface area (Å²) in [6, 6.07) is 1.60. The Hall–Kier alpha value is -2.21. The Bertz CT molecular complexity index is 559. The van der Waals surface area contributed by atoms with Crippen molar-refractivity contribution in [2.75, 3.05) is 13.7 Å². The lowest BCUT2D eigenvalue weighted by Gasteiger charge is -2.40. The molecule has 0 atom stereocenters. The van der Waals surface area contributed by atoms with Crippen LogP contribution in [0.15, 0.2) is 24.5 Å². The zero-order chi connectivity index (χ0) is 15.3. The number of nitrogens with zero attached hydrogens (tertiary/aromatic N) is 1. The number of carboxylic acids is 1. The van der Waals surface area contributed by atoms with Crippen LogP contribution in [0, 0.1) is 0 Å². The monoisotopic (exact) mass is 290 g/mol. The molecule has 112 valence electrons. The van der Waals surface area contributed by atoms with Gasteiger partial charge in [-0.3, -0.25) is 9.78 Å². The van der Waals surface area contributed by atoms with E-state index in [4.69, 9.17) is 9.84 Å². The van der Waals surface area contributed by atoms with Gasteiger partial charge in [-0.1, -0.05) is 0 Å². The summed E-state index contributed by atoms with van der Waals surface area (Å²) in [5.41, 5.74) is 0.729. The molecule has 1 aromatic heterocycles. The molecule has 1 amide bonds. The second kappa shape index (κ2) is 6.49. The first-order valence-corrected chi connectivity index (χ1v) is 6.74. The van der Waals surface area contributed by atoms with Crippen molar-refractivity contribution in [3.05, 3.63) is 35.7 Å². The van der Waals surface area contributed by atoms with Crippen LogP contribution in [0.25, 0.3) is 6.08 Å². The Kier molecular flexibility index (Phi) is 4.70. The van der Waals surface area contributed by atoms with Crippen LogP contribution in [0.5, 0.6) is 0 Å². The third-order valence-corrected chi connectivity index (χ3v) is 3.71. The van der Waals surface area contributed by atoms with E-state index in [9.17, 15) is 9.59 Å². The number of ether oxygens (including phenoxy) is 1. The fraction of sp³-hybridized carbons (Fsp3) is 0.400. The average Bonchev–Trinajstić information content (AvgIpc) is 2.44. The van der Waals surface area contributed by atoms with Crippen molar-refractivity contribution in [1.29, 1.82) is 0 Å². The van der Waals surface area contributed by atoms with Crippen LogP contribution < -0.4 is 5.32 Å². The molecular weight excluding hydrogens is 272 g/mol. The van der Waals surface area contributed by atoms with E-state index in [2.05, 4.69) is 10.3 Å². The molecule has 0 aromatic carbocycles. The molecule has 1 saturated carbocycles. The Morgan fingerprint density at radius 3 is 2.81 bits per heavy atom. The van der Waals surface area contributed by atoms with Crippen molar-refractivity contribution in [1.82, 2.24) is 10.3 Å². The number of carbonyl (C=O) groups is 2. The number of rotatable bonds is 6. The van der Waals surface area contributed by atoms with Gasteiger partial charge in [0.25, 0.3) is 5.91 Å². The number of nitrogens with one attached hydrogen (secondary N) is 1. The van der Waals surface area contributed by atoms with Crippen molar-refractivity contribution in [3.8, 4) is 0 Å². The van der Waals surface area contributed by atoms with Crippen LogP contribution >= 0.6 is 0 Å². The lowest BCUT2D eigenvalue weighted by Crippen LogP contribution is -2.49. The molecule has 6 heteroatoms. The maximum absolute atomic E-state index is 12.1. The standard InChI is InChI=1S/C15H18N2O4/c1-21-15(5-2-6-15)10-17-14(20)12-7-11(8-16-9-12)3-4-13(18)19/h3-4,7-9H,2,5-6,10H2,1H3,(H,17,20)(H,18,19)/b4-3+. The van der Waals surface area contributed by atoms with Crippen LogP contribution in [-0.2, 0) is 9.53 Å². The first kappa shape index (κ1) is 15.2. The van der Waals surface area contributed by atoms with Gasteiger partial charge < -0.3 is 15.2 Å². The van der Waals surface area contributed by atoms with Crippen LogP contribution in [-0.4, -0.2) is 41.2 Å². The summed E-state index contributed by atoms with van der Waals surface area (Å²) in [6.07, 6.45) is 8.36. The maximum atomic E-state index is 12.1. The van der Waals surface area contributed by atoms with Gasteiger partial charge in [0.2, 0.25) is 0 Å². The number of pyridine rings is 1. The van der Waals surface area contributed by atoms with Crippen molar-refractivity contribution in [2.24, 2.45) is 0 Å². The number of hydrogen-bond donors (Lipinski definition) is 2. The third kappa shape index (κ3) is 3.88. The SMILES string of the molecule is COC1(CNC(=O)c2cncc(/C=C/C(=O)O)c2)CCC1. The van der Waals surface area contributed by atoms with Crippen LogP contribution in [0.1, 0.15) is 35.2 Å². The minimum Gasteiger partial charge on any atom is -0.478 e. The summed E-state index contributed by atoms with van der Waals surface area (Å²) < 4.78 is 5.44. The highest BCUT2D eigenvalue weighted by Gasteiger charge is 2.37. The van der Waals surface area contributed by atoms with Gasteiger partial charge in [0, 0.05) is 32.1 Å². The number of methoxy groups -OCH3 is 1. The lowest BCUT2D eigenvalue weighted by atomic mass is 9.80. The molecule has 0 spiro atoms. The zero-order valence-electron chi connectivity index (χ0n) is 11.8. The molecule has 1 aliphatic rings. The van der Waals surface area contributed by atoms with Crippen molar-refractivity contribution >= 4 is 18.0 Å². The van der Waals surface area contributed by atoms with E-state index in [1.54, 1.807) is 13.2 Å². The van der Waals surface area contributed by atoms with Crippen molar-refractivity contribution < 1.29 is 19.4 Å². The normalized spacial score (nSPS) is 16.4. The smallest absolute Gasteiger partial charge is 0.328 e. The van der Waals surface area contributed by atoms with Crippen LogP contribution in [0.3, 0.4) is 0 Å². The summed E-state index contributed by atoms with van der Waals surface area (Å²) in [6.45, 7) is 0.470. The number of aliphatic carboxylic acids is 1. The largest absolute Gasteiger partial charge is 0.478 e. The summed E-state index contributed by atoms with van der Waals surface area (Å²) >= 11 is 0. The average molecular weight is 290 g/mol. The Balaban J connectivity index is 1.99. The number of carbonyl (C=O) groups excluding carboxylic acids is 1. The van der Waals surface area contributed by atoms with Gasteiger partial charge in [0.05, 0.1) is 11.2 Å². The predicted molar refractivity (Wildman–Crippen MR) is 76.8 cm³/mol. The third-order valence-electron chi connectivity index (χ3n) is 3.71. The van der Waals surface area contributed by atoms with E-state index in [0.717, 1.165) is 25.3 Å². The van der Waals surface area contributed by atoms with E-state index >= 15 is 0 Å². The first-order valence-electron chi connectivity index (χ1n) is 6.74. The summed E-state index contributed by atoms with van der Waals surface area (Å²) in [7, 11) is 1.66. The molecule has 0 aliphatic heterocycles.